The monoisotopic (exact) mass is 755 g/mol. The fourth-order valence-corrected chi connectivity index (χ4v) is 7.46. The summed E-state index contributed by atoms with van der Waals surface area (Å²) in [4.78, 5) is 44.0. The molecule has 3 aromatic heterocycles. The van der Waals surface area contributed by atoms with E-state index in [9.17, 15) is 28.0 Å². The number of carbonyl (C=O) groups excluding carboxylic acids is 2. The fourth-order valence-electron chi connectivity index (χ4n) is 5.78. The summed E-state index contributed by atoms with van der Waals surface area (Å²) < 4.78 is 72.3. The summed E-state index contributed by atoms with van der Waals surface area (Å²) in [5.41, 5.74) is 4.42. The maximum atomic E-state index is 14.7. The van der Waals surface area contributed by atoms with Crippen molar-refractivity contribution in [2.45, 2.75) is 58.3 Å². The number of esters is 1. The number of ketones is 1. The molecule has 0 spiro atoms. The van der Waals surface area contributed by atoms with Crippen LogP contribution in [0.5, 0.6) is 11.6 Å². The van der Waals surface area contributed by atoms with Gasteiger partial charge in [0.1, 0.15) is 42.0 Å². The Morgan fingerprint density at radius 2 is 1.94 bits per heavy atom. The number of hydrogen-bond acceptors (Lipinski definition) is 14. The van der Waals surface area contributed by atoms with Crippen LogP contribution in [0.3, 0.4) is 0 Å². The molecule has 1 fully saturated rings. The number of fused-ring (bicyclic) bond motifs is 2. The number of rotatable bonds is 13. The number of anilines is 1. The first-order valence-corrected chi connectivity index (χ1v) is 17.8. The van der Waals surface area contributed by atoms with Crippen LogP contribution < -0.4 is 20.1 Å². The van der Waals surface area contributed by atoms with Crippen LogP contribution in [-0.2, 0) is 34.8 Å². The van der Waals surface area contributed by atoms with Crippen LogP contribution in [0.2, 0.25) is 0 Å². The van der Waals surface area contributed by atoms with E-state index in [1.807, 2.05) is 0 Å². The van der Waals surface area contributed by atoms with Gasteiger partial charge in [0.25, 0.3) is 0 Å². The first kappa shape index (κ1) is 37.6. The Kier molecular flexibility index (Phi) is 10.4. The Morgan fingerprint density at radius 1 is 1.17 bits per heavy atom. The second-order valence-corrected chi connectivity index (χ2v) is 14.4. The van der Waals surface area contributed by atoms with Crippen LogP contribution >= 0.6 is 7.75 Å². The van der Waals surface area contributed by atoms with E-state index >= 15 is 0 Å². The van der Waals surface area contributed by atoms with Gasteiger partial charge in [-0.1, -0.05) is 19.9 Å². The van der Waals surface area contributed by atoms with Crippen molar-refractivity contribution in [3.8, 4) is 11.6 Å². The van der Waals surface area contributed by atoms with Crippen LogP contribution in [0.25, 0.3) is 22.1 Å². The summed E-state index contributed by atoms with van der Waals surface area (Å²) in [7, 11) is -3.31. The van der Waals surface area contributed by atoms with Crippen molar-refractivity contribution in [1.82, 2.24) is 29.6 Å². The van der Waals surface area contributed by atoms with Crippen molar-refractivity contribution >= 4 is 47.5 Å². The zero-order valence-electron chi connectivity index (χ0n) is 29.1. The summed E-state index contributed by atoms with van der Waals surface area (Å²) in [6, 6.07) is 9.56. The molecular weight excluding hydrogens is 719 g/mol. The quantitative estimate of drug-likeness (QED) is 0.113. The number of halogens is 2. The molecule has 280 valence electrons. The number of aliphatic hydroxyl groups is 1. The smallest absolute Gasteiger partial charge is 0.459 e. The number of aryl methyl sites for hydroxylation is 1. The van der Waals surface area contributed by atoms with Gasteiger partial charge < -0.3 is 29.6 Å². The first-order chi connectivity index (χ1) is 25.1. The number of hydrogen-bond donors (Lipinski definition) is 3. The number of ether oxygens (including phenoxy) is 3. The number of nitrogen functional groups attached to an aromatic ring is 1. The molecule has 2 aromatic carbocycles. The maximum Gasteiger partial charge on any atom is 0.459 e. The van der Waals surface area contributed by atoms with E-state index in [0.29, 0.717) is 17.0 Å². The van der Waals surface area contributed by atoms with Crippen LogP contribution in [0.15, 0.2) is 54.7 Å². The van der Waals surface area contributed by atoms with Crippen molar-refractivity contribution in [2.75, 3.05) is 19.5 Å². The molecule has 5 atom stereocenters. The Morgan fingerprint density at radius 3 is 2.66 bits per heavy atom. The second-order valence-electron chi connectivity index (χ2n) is 12.7. The summed E-state index contributed by atoms with van der Waals surface area (Å²) in [5.74, 6) is -3.87. The molecule has 0 radical (unpaired) electrons. The molecule has 16 nitrogen and oxygen atoms in total. The minimum Gasteiger partial charge on any atom is -0.479 e. The van der Waals surface area contributed by atoms with E-state index in [-0.39, 0.29) is 40.1 Å². The standard InChI is InChI=1S/C34H36F2N7O9P/c1-17(2)26(31(45)49-15-19-11-12-20(35)14-22(19)36)42-53(47,52-24-10-6-9-23-21(24)8-7-13-38-23)50-16-25-28(44)34(4,46)32(51-25)43-18(3)39-27-29(43)40-33(37)41-30(27)48-5/h6-14,17,25-26,32,46H,15-16H2,1-5H3,(H,42,47)(H2,37,40,41). The van der Waals surface area contributed by atoms with Crippen molar-refractivity contribution in [1.29, 1.82) is 0 Å². The van der Waals surface area contributed by atoms with Gasteiger partial charge in [0, 0.05) is 23.2 Å². The minimum atomic E-state index is -4.68. The number of nitrogens with one attached hydrogen (secondary N) is 1. The van der Waals surface area contributed by atoms with Gasteiger partial charge in [0.05, 0.1) is 19.2 Å². The lowest BCUT2D eigenvalue weighted by Crippen LogP contribution is -2.42. The van der Waals surface area contributed by atoms with Crippen LogP contribution in [0.1, 0.15) is 38.4 Å². The molecule has 1 aliphatic heterocycles. The third-order valence-corrected chi connectivity index (χ3v) is 10.0. The summed E-state index contributed by atoms with van der Waals surface area (Å²) in [6.45, 7) is 4.79. The lowest BCUT2D eigenvalue weighted by atomic mass is 9.98. The molecule has 1 saturated heterocycles. The Hall–Kier alpha value is -5.13. The minimum absolute atomic E-state index is 0.0611. The number of methoxy groups -OCH3 is 1. The number of aromatic nitrogens is 5. The molecule has 5 unspecified atom stereocenters. The average molecular weight is 756 g/mol. The third-order valence-electron chi connectivity index (χ3n) is 8.52. The molecule has 5 aromatic rings. The van der Waals surface area contributed by atoms with Crippen molar-refractivity contribution in [2.24, 2.45) is 5.92 Å². The van der Waals surface area contributed by atoms with Crippen molar-refractivity contribution in [3.05, 3.63) is 77.8 Å². The number of imidazole rings is 1. The summed E-state index contributed by atoms with van der Waals surface area (Å²) in [6.07, 6.45) is -1.37. The Bertz CT molecular complexity index is 2250. The average Bonchev–Trinajstić information content (AvgIpc) is 3.55. The molecular formula is C34H36F2N7O9P. The summed E-state index contributed by atoms with van der Waals surface area (Å²) in [5, 5.41) is 14.6. The number of carbonyl (C=O) groups is 2. The van der Waals surface area contributed by atoms with Gasteiger partial charge in [0.2, 0.25) is 11.8 Å². The van der Waals surface area contributed by atoms with Gasteiger partial charge in [-0.15, -0.1) is 0 Å². The number of nitrogens with zero attached hydrogens (tertiary/aromatic N) is 5. The molecule has 53 heavy (non-hydrogen) atoms. The number of Topliss-reactive ketones (excluding diaryl/α,β-unsaturated/α-hetero) is 1. The van der Waals surface area contributed by atoms with E-state index < -0.39 is 74.2 Å². The van der Waals surface area contributed by atoms with Crippen molar-refractivity contribution in [3.63, 3.8) is 0 Å². The molecule has 0 amide bonds. The summed E-state index contributed by atoms with van der Waals surface area (Å²) >= 11 is 0. The highest BCUT2D eigenvalue weighted by atomic mass is 31.2. The number of pyridine rings is 1. The predicted molar refractivity (Wildman–Crippen MR) is 184 cm³/mol. The van der Waals surface area contributed by atoms with E-state index in [2.05, 4.69) is 25.0 Å². The van der Waals surface area contributed by atoms with E-state index in [1.54, 1.807) is 51.2 Å². The highest BCUT2D eigenvalue weighted by Gasteiger charge is 2.55. The van der Waals surface area contributed by atoms with Gasteiger partial charge in [-0.3, -0.25) is 23.7 Å². The topological polar surface area (TPSA) is 212 Å². The van der Waals surface area contributed by atoms with Crippen LogP contribution in [0.4, 0.5) is 14.7 Å². The van der Waals surface area contributed by atoms with E-state index in [1.165, 1.54) is 24.7 Å². The van der Waals surface area contributed by atoms with Crippen LogP contribution in [0, 0.1) is 24.5 Å². The Labute approximate surface area is 301 Å². The fraction of sp³-hybridized carbons (Fsp3) is 0.353. The number of benzene rings is 2. The molecule has 4 N–H and O–H groups in total. The molecule has 1 aliphatic rings. The van der Waals surface area contributed by atoms with Gasteiger partial charge in [-0.25, -0.2) is 18.3 Å². The highest BCUT2D eigenvalue weighted by molar-refractivity contribution is 7.52. The zero-order chi connectivity index (χ0) is 38.2. The predicted octanol–water partition coefficient (Wildman–Crippen LogP) is 4.33. The SMILES string of the molecule is COc1nc(N)nc2c1nc(C)n2C1OC(COP(=O)(NC(C(=O)OCc2ccc(F)cc2F)C(C)C)Oc2cccc3ncccc23)C(=O)C1(C)O. The molecule has 0 bridgehead atoms. The lowest BCUT2D eigenvalue weighted by molar-refractivity contribution is -0.148. The maximum absolute atomic E-state index is 14.7. The molecule has 0 saturated carbocycles. The zero-order valence-corrected chi connectivity index (χ0v) is 30.0. The van der Waals surface area contributed by atoms with Gasteiger partial charge >= 0.3 is 13.7 Å². The first-order valence-electron chi connectivity index (χ1n) is 16.3. The van der Waals surface area contributed by atoms with Gasteiger partial charge in [-0.05, 0) is 56.2 Å². The number of nitrogens with two attached hydrogens (primary N) is 1. The molecule has 6 rings (SSSR count). The van der Waals surface area contributed by atoms with E-state index in [0.717, 1.165) is 12.1 Å². The van der Waals surface area contributed by atoms with Gasteiger partial charge in [-0.2, -0.15) is 15.1 Å². The second kappa shape index (κ2) is 14.7. The lowest BCUT2D eigenvalue weighted by Gasteiger charge is -2.27. The Balaban J connectivity index is 1.29. The van der Waals surface area contributed by atoms with Gasteiger partial charge in [0.15, 0.2) is 28.8 Å². The van der Waals surface area contributed by atoms with E-state index in [4.69, 9.17) is 29.0 Å². The molecule has 4 heterocycles. The van der Waals surface area contributed by atoms with Crippen LogP contribution in [-0.4, -0.2) is 72.8 Å². The normalized spacial score (nSPS) is 20.5. The molecule has 0 aliphatic carbocycles. The largest absolute Gasteiger partial charge is 0.479 e. The van der Waals surface area contributed by atoms with Crippen molar-refractivity contribution < 1.29 is 51.3 Å². The highest BCUT2D eigenvalue weighted by Crippen LogP contribution is 2.48. The molecule has 19 heteroatoms. The third kappa shape index (κ3) is 7.54.